The minimum absolute atomic E-state index is 0.103. The molecule has 0 aromatic carbocycles. The van der Waals surface area contributed by atoms with Gasteiger partial charge in [-0.25, -0.2) is 9.13 Å². The number of aliphatic hydroxyl groups excluding tert-OH is 1. The lowest BCUT2D eigenvalue weighted by Gasteiger charge is -2.21. The second-order valence-electron chi connectivity index (χ2n) is 19.6. The van der Waals surface area contributed by atoms with E-state index >= 15 is 0 Å². The van der Waals surface area contributed by atoms with Crippen molar-refractivity contribution in [2.45, 2.75) is 284 Å². The number of hydrogen-bond donors (Lipinski definition) is 3. The lowest BCUT2D eigenvalue weighted by molar-refractivity contribution is -0.161. The number of phosphoric acid groups is 2. The molecule has 3 N–H and O–H groups in total. The van der Waals surface area contributed by atoms with Crippen molar-refractivity contribution in [3.63, 3.8) is 0 Å². The van der Waals surface area contributed by atoms with Crippen LogP contribution in [0, 0.1) is 0 Å². The molecule has 19 heteroatoms. The quantitative estimate of drug-likeness (QED) is 0.0222. The molecule has 0 aliphatic carbocycles. The van der Waals surface area contributed by atoms with Crippen LogP contribution in [-0.2, 0) is 65.4 Å². The van der Waals surface area contributed by atoms with Crippen molar-refractivity contribution in [3.05, 3.63) is 0 Å². The van der Waals surface area contributed by atoms with Crippen LogP contribution in [0.2, 0.25) is 0 Å². The Morgan fingerprint density at radius 1 is 0.329 bits per heavy atom. The molecule has 0 aliphatic rings. The van der Waals surface area contributed by atoms with E-state index in [1.807, 2.05) is 0 Å². The molecule has 2 unspecified atom stereocenters. The molecule has 432 valence electrons. The fourth-order valence-corrected chi connectivity index (χ4v) is 9.44. The molecule has 0 aromatic rings. The molecule has 0 aromatic heterocycles. The van der Waals surface area contributed by atoms with Crippen LogP contribution in [-0.4, -0.2) is 96.7 Å². The zero-order chi connectivity index (χ0) is 54.1. The first kappa shape index (κ1) is 71.1. The van der Waals surface area contributed by atoms with Crippen molar-refractivity contribution in [1.29, 1.82) is 0 Å². The SMILES string of the molecule is CCCCCCCCCCCCCC(=O)O[C@H](COC(=O)CCCCCCCCCC)COP(=O)(O)OC[C@@H](O)COP(=O)(O)OC[C@@H](COC(=O)CCCCCCCCC)OC(=O)CCCCCCCCC. The van der Waals surface area contributed by atoms with Crippen LogP contribution in [0.1, 0.15) is 265 Å². The first-order valence-corrected chi connectivity index (χ1v) is 31.8. The van der Waals surface area contributed by atoms with E-state index in [9.17, 15) is 43.2 Å². The van der Waals surface area contributed by atoms with Crippen molar-refractivity contribution < 1.29 is 80.2 Å². The summed E-state index contributed by atoms with van der Waals surface area (Å²) in [5, 5.41) is 10.4. The van der Waals surface area contributed by atoms with Crippen LogP contribution in [0.3, 0.4) is 0 Å². The number of phosphoric ester groups is 2. The van der Waals surface area contributed by atoms with Gasteiger partial charge >= 0.3 is 39.5 Å². The van der Waals surface area contributed by atoms with Gasteiger partial charge in [-0.2, -0.15) is 0 Å². The van der Waals surface area contributed by atoms with E-state index < -0.39 is 97.5 Å². The van der Waals surface area contributed by atoms with Gasteiger partial charge in [-0.05, 0) is 25.7 Å². The Bertz CT molecular complexity index is 1440. The number of unbranched alkanes of at least 4 members (excludes halogenated alkanes) is 29. The first-order chi connectivity index (χ1) is 35.2. The largest absolute Gasteiger partial charge is 0.472 e. The van der Waals surface area contributed by atoms with E-state index in [1.165, 1.54) is 64.2 Å². The highest BCUT2D eigenvalue weighted by molar-refractivity contribution is 7.47. The Hall–Kier alpha value is -1.94. The number of carbonyl (C=O) groups excluding carboxylic acids is 4. The van der Waals surface area contributed by atoms with Crippen molar-refractivity contribution in [3.8, 4) is 0 Å². The zero-order valence-corrected chi connectivity index (χ0v) is 47.9. The van der Waals surface area contributed by atoms with E-state index in [4.69, 9.17) is 37.0 Å². The lowest BCUT2D eigenvalue weighted by Crippen LogP contribution is -2.30. The molecular weight excluding hydrogens is 983 g/mol. The number of rotatable bonds is 55. The topological polar surface area (TPSA) is 237 Å². The Labute approximate surface area is 441 Å². The maximum Gasteiger partial charge on any atom is 0.472 e. The molecule has 0 bridgehead atoms. The second kappa shape index (κ2) is 49.6. The van der Waals surface area contributed by atoms with Crippen LogP contribution < -0.4 is 0 Å². The van der Waals surface area contributed by atoms with Crippen LogP contribution in [0.25, 0.3) is 0 Å². The molecule has 5 atom stereocenters. The van der Waals surface area contributed by atoms with Gasteiger partial charge in [-0.15, -0.1) is 0 Å². The molecule has 0 saturated carbocycles. The molecule has 0 aliphatic heterocycles. The molecule has 0 rings (SSSR count). The number of carbonyl (C=O) groups is 4. The Kier molecular flexibility index (Phi) is 48.3. The third-order valence-electron chi connectivity index (χ3n) is 12.4. The van der Waals surface area contributed by atoms with E-state index in [1.54, 1.807) is 0 Å². The van der Waals surface area contributed by atoms with E-state index in [0.29, 0.717) is 25.7 Å². The normalized spacial score (nSPS) is 14.5. The molecule has 0 amide bonds. The summed E-state index contributed by atoms with van der Waals surface area (Å²) >= 11 is 0. The zero-order valence-electron chi connectivity index (χ0n) is 46.1. The van der Waals surface area contributed by atoms with Crippen LogP contribution >= 0.6 is 15.6 Å². The molecule has 17 nitrogen and oxygen atoms in total. The molecule has 0 radical (unpaired) electrons. The van der Waals surface area contributed by atoms with E-state index in [-0.39, 0.29) is 25.7 Å². The predicted molar refractivity (Wildman–Crippen MR) is 285 cm³/mol. The molecule has 0 spiro atoms. The van der Waals surface area contributed by atoms with Gasteiger partial charge in [0.15, 0.2) is 12.2 Å². The summed E-state index contributed by atoms with van der Waals surface area (Å²) in [5.41, 5.74) is 0. The first-order valence-electron chi connectivity index (χ1n) is 28.8. The smallest absolute Gasteiger partial charge is 0.462 e. The number of ether oxygens (including phenoxy) is 4. The van der Waals surface area contributed by atoms with Crippen molar-refractivity contribution in [2.75, 3.05) is 39.6 Å². The van der Waals surface area contributed by atoms with Gasteiger partial charge in [0.05, 0.1) is 26.4 Å². The Morgan fingerprint density at radius 2 is 0.548 bits per heavy atom. The van der Waals surface area contributed by atoms with E-state index in [2.05, 4.69) is 27.7 Å². The summed E-state index contributed by atoms with van der Waals surface area (Å²) in [6.45, 7) is 4.70. The van der Waals surface area contributed by atoms with E-state index in [0.717, 1.165) is 122 Å². The lowest BCUT2D eigenvalue weighted by atomic mass is 10.1. The van der Waals surface area contributed by atoms with Crippen LogP contribution in [0.5, 0.6) is 0 Å². The second-order valence-corrected chi connectivity index (χ2v) is 22.5. The summed E-state index contributed by atoms with van der Waals surface area (Å²) in [5.74, 6) is -2.16. The standard InChI is InChI=1S/C54H104O17P2/c1-5-9-13-17-21-23-24-25-29-33-37-41-54(59)71-50(45-65-52(57)39-35-31-28-22-18-14-10-6-2)47-69-73(62,63)67-43-48(55)42-66-72(60,61)68-46-49(70-53(58)40-36-32-27-20-16-12-8-4)44-64-51(56)38-34-30-26-19-15-11-7-3/h48-50,55H,5-47H2,1-4H3,(H,60,61)(H,62,63)/t48-,49+,50+/m0/s1. The number of hydrogen-bond acceptors (Lipinski definition) is 15. The van der Waals surface area contributed by atoms with Gasteiger partial charge in [-0.1, -0.05) is 214 Å². The maximum atomic E-state index is 12.9. The average molecular weight is 1090 g/mol. The fourth-order valence-electron chi connectivity index (χ4n) is 7.87. The molecule has 0 heterocycles. The molecule has 0 saturated heterocycles. The third-order valence-corrected chi connectivity index (χ3v) is 14.3. The van der Waals surface area contributed by atoms with Crippen molar-refractivity contribution in [2.24, 2.45) is 0 Å². The van der Waals surface area contributed by atoms with Gasteiger partial charge in [0, 0.05) is 25.7 Å². The van der Waals surface area contributed by atoms with Crippen LogP contribution in [0.4, 0.5) is 0 Å². The highest BCUT2D eigenvalue weighted by Crippen LogP contribution is 2.45. The summed E-state index contributed by atoms with van der Waals surface area (Å²) < 4.78 is 67.3. The molecule has 73 heavy (non-hydrogen) atoms. The molecular formula is C54H104O17P2. The minimum atomic E-state index is -4.93. The Balaban J connectivity index is 5.18. The van der Waals surface area contributed by atoms with Crippen LogP contribution in [0.15, 0.2) is 0 Å². The maximum absolute atomic E-state index is 12.9. The average Bonchev–Trinajstić information content (AvgIpc) is 3.36. The summed E-state index contributed by atoms with van der Waals surface area (Å²) in [7, 11) is -9.85. The minimum Gasteiger partial charge on any atom is -0.462 e. The van der Waals surface area contributed by atoms with Gasteiger partial charge in [-0.3, -0.25) is 37.3 Å². The summed E-state index contributed by atoms with van der Waals surface area (Å²) in [6, 6.07) is 0. The number of esters is 4. The summed E-state index contributed by atoms with van der Waals surface area (Å²) in [4.78, 5) is 71.4. The summed E-state index contributed by atoms with van der Waals surface area (Å²) in [6.07, 6.45) is 31.0. The van der Waals surface area contributed by atoms with Crippen molar-refractivity contribution in [1.82, 2.24) is 0 Å². The van der Waals surface area contributed by atoms with Gasteiger partial charge in [0.25, 0.3) is 0 Å². The van der Waals surface area contributed by atoms with Gasteiger partial charge in [0.1, 0.15) is 19.3 Å². The Morgan fingerprint density at radius 3 is 0.808 bits per heavy atom. The van der Waals surface area contributed by atoms with Crippen molar-refractivity contribution >= 4 is 39.5 Å². The fraction of sp³-hybridized carbons (Fsp3) is 0.926. The van der Waals surface area contributed by atoms with Gasteiger partial charge < -0.3 is 33.8 Å². The monoisotopic (exact) mass is 1090 g/mol. The molecule has 0 fully saturated rings. The highest BCUT2D eigenvalue weighted by atomic mass is 31.2. The number of aliphatic hydroxyl groups is 1. The highest BCUT2D eigenvalue weighted by Gasteiger charge is 2.30. The van der Waals surface area contributed by atoms with Gasteiger partial charge in [0.2, 0.25) is 0 Å². The predicted octanol–water partition coefficient (Wildman–Crippen LogP) is 14.0. The third kappa shape index (κ3) is 49.4.